The molecule has 1 aliphatic heterocycles. The summed E-state index contributed by atoms with van der Waals surface area (Å²) < 4.78 is 38.1. The summed E-state index contributed by atoms with van der Waals surface area (Å²) in [5.74, 6) is -0.452. The highest BCUT2D eigenvalue weighted by Gasteiger charge is 2.36. The Morgan fingerprint density at radius 3 is 2.57 bits per heavy atom. The summed E-state index contributed by atoms with van der Waals surface area (Å²) in [5, 5.41) is 0. The zero-order chi connectivity index (χ0) is 16.8. The van der Waals surface area contributed by atoms with Crippen molar-refractivity contribution in [3.8, 4) is 0 Å². The number of rotatable bonds is 2. The van der Waals surface area contributed by atoms with E-state index in [1.165, 1.54) is 0 Å². The highest BCUT2D eigenvalue weighted by atomic mass is 19.4. The zero-order valence-electron chi connectivity index (χ0n) is 12.7. The molecule has 0 unspecified atom stereocenters. The van der Waals surface area contributed by atoms with Crippen molar-refractivity contribution in [2.75, 3.05) is 6.54 Å². The molecule has 0 saturated heterocycles. The number of nitrogens with one attached hydrogen (secondary N) is 2. The van der Waals surface area contributed by atoms with Gasteiger partial charge >= 0.3 is 6.18 Å². The van der Waals surface area contributed by atoms with Crippen molar-refractivity contribution in [2.24, 2.45) is 0 Å². The van der Waals surface area contributed by atoms with Gasteiger partial charge in [0.15, 0.2) is 0 Å². The normalized spacial score (nSPS) is 15.7. The van der Waals surface area contributed by atoms with Gasteiger partial charge in [0, 0.05) is 25.2 Å². The van der Waals surface area contributed by atoms with Crippen molar-refractivity contribution in [1.82, 2.24) is 24.8 Å². The molecule has 3 heterocycles. The SMILES string of the molecule is Cc1nc(CN2CCc3nc(C(F)(F)F)[nH]c(=O)c3C2)[nH]c1C. The van der Waals surface area contributed by atoms with Crippen molar-refractivity contribution >= 4 is 0 Å². The Labute approximate surface area is 129 Å². The van der Waals surface area contributed by atoms with Gasteiger partial charge in [-0.25, -0.2) is 9.97 Å². The first-order valence-corrected chi connectivity index (χ1v) is 7.17. The number of nitrogens with zero attached hydrogens (tertiary/aromatic N) is 3. The lowest BCUT2D eigenvalue weighted by Gasteiger charge is -2.27. The number of hydrogen-bond acceptors (Lipinski definition) is 4. The summed E-state index contributed by atoms with van der Waals surface area (Å²) in [5.41, 5.74) is 1.69. The van der Waals surface area contributed by atoms with E-state index >= 15 is 0 Å². The Hall–Kier alpha value is -2.16. The third-order valence-electron chi connectivity index (χ3n) is 3.97. The summed E-state index contributed by atoms with van der Waals surface area (Å²) in [7, 11) is 0. The molecule has 0 radical (unpaired) electrons. The first-order chi connectivity index (χ1) is 10.7. The standard InChI is InChI=1S/C14H16F3N5O/c1-7-8(2)19-11(18-7)6-22-4-3-10-9(5-22)12(23)21-13(20-10)14(15,16)17/h3-6H2,1-2H3,(H,18,19)(H,20,21,23). The summed E-state index contributed by atoms with van der Waals surface area (Å²) >= 11 is 0. The van der Waals surface area contributed by atoms with Gasteiger partial charge in [-0.15, -0.1) is 0 Å². The van der Waals surface area contributed by atoms with Crippen LogP contribution in [0.2, 0.25) is 0 Å². The molecule has 124 valence electrons. The number of imidazole rings is 1. The third kappa shape index (κ3) is 3.14. The molecule has 6 nitrogen and oxygen atoms in total. The fourth-order valence-corrected chi connectivity index (χ4v) is 2.66. The molecule has 0 fully saturated rings. The van der Waals surface area contributed by atoms with Crippen LogP contribution in [-0.4, -0.2) is 31.4 Å². The Bertz CT molecular complexity index is 773. The monoisotopic (exact) mass is 327 g/mol. The van der Waals surface area contributed by atoms with Gasteiger partial charge in [0.1, 0.15) is 5.82 Å². The number of alkyl halides is 3. The molecule has 1 aliphatic rings. The lowest BCUT2D eigenvalue weighted by Crippen LogP contribution is -2.36. The maximum atomic E-state index is 12.7. The van der Waals surface area contributed by atoms with E-state index < -0.39 is 17.6 Å². The first-order valence-electron chi connectivity index (χ1n) is 7.17. The average molecular weight is 327 g/mol. The number of aryl methyl sites for hydroxylation is 2. The Kier molecular flexibility index (Phi) is 3.75. The van der Waals surface area contributed by atoms with Crippen LogP contribution in [0.25, 0.3) is 0 Å². The van der Waals surface area contributed by atoms with Gasteiger partial charge in [-0.1, -0.05) is 0 Å². The molecule has 2 aromatic heterocycles. The van der Waals surface area contributed by atoms with Crippen LogP contribution >= 0.6 is 0 Å². The number of fused-ring (bicyclic) bond motifs is 1. The predicted molar refractivity (Wildman–Crippen MR) is 75.7 cm³/mol. The lowest BCUT2D eigenvalue weighted by atomic mass is 10.1. The van der Waals surface area contributed by atoms with Crippen molar-refractivity contribution in [2.45, 2.75) is 39.5 Å². The van der Waals surface area contributed by atoms with Crippen LogP contribution in [0, 0.1) is 13.8 Å². The van der Waals surface area contributed by atoms with Gasteiger partial charge in [-0.05, 0) is 13.8 Å². The van der Waals surface area contributed by atoms with Crippen LogP contribution < -0.4 is 5.56 Å². The van der Waals surface area contributed by atoms with Gasteiger partial charge < -0.3 is 9.97 Å². The number of hydrogen-bond donors (Lipinski definition) is 2. The summed E-state index contributed by atoms with van der Waals surface area (Å²) in [6.07, 6.45) is -4.34. The molecule has 2 N–H and O–H groups in total. The van der Waals surface area contributed by atoms with E-state index in [0.29, 0.717) is 25.1 Å². The average Bonchev–Trinajstić information content (AvgIpc) is 2.76. The molecule has 0 bridgehead atoms. The molecule has 0 aromatic carbocycles. The van der Waals surface area contributed by atoms with Crippen LogP contribution in [0.3, 0.4) is 0 Å². The van der Waals surface area contributed by atoms with E-state index in [0.717, 1.165) is 17.2 Å². The number of aromatic nitrogens is 4. The van der Waals surface area contributed by atoms with Crippen molar-refractivity contribution in [3.63, 3.8) is 0 Å². The molecule has 9 heteroatoms. The molecule has 0 amide bonds. The van der Waals surface area contributed by atoms with Crippen LogP contribution in [0.15, 0.2) is 4.79 Å². The van der Waals surface area contributed by atoms with Crippen molar-refractivity contribution in [3.05, 3.63) is 44.6 Å². The molecular weight excluding hydrogens is 311 g/mol. The van der Waals surface area contributed by atoms with E-state index in [-0.39, 0.29) is 12.2 Å². The molecular formula is C14H16F3N5O. The van der Waals surface area contributed by atoms with E-state index in [4.69, 9.17) is 0 Å². The molecule has 0 spiro atoms. The van der Waals surface area contributed by atoms with E-state index in [1.807, 2.05) is 23.7 Å². The van der Waals surface area contributed by atoms with Gasteiger partial charge in [-0.2, -0.15) is 13.2 Å². The zero-order valence-corrected chi connectivity index (χ0v) is 12.7. The molecule has 0 atom stereocenters. The van der Waals surface area contributed by atoms with Crippen molar-refractivity contribution < 1.29 is 13.2 Å². The minimum absolute atomic E-state index is 0.226. The van der Waals surface area contributed by atoms with E-state index in [2.05, 4.69) is 15.0 Å². The molecule has 23 heavy (non-hydrogen) atoms. The van der Waals surface area contributed by atoms with Crippen LogP contribution in [0.5, 0.6) is 0 Å². The fraction of sp³-hybridized carbons (Fsp3) is 0.500. The summed E-state index contributed by atoms with van der Waals surface area (Å²) in [6, 6.07) is 0. The lowest BCUT2D eigenvalue weighted by molar-refractivity contribution is -0.145. The number of H-pyrrole nitrogens is 2. The molecule has 2 aromatic rings. The van der Waals surface area contributed by atoms with Gasteiger partial charge in [0.05, 0.1) is 23.5 Å². The summed E-state index contributed by atoms with van der Waals surface area (Å²) in [6.45, 7) is 5.11. The topological polar surface area (TPSA) is 77.7 Å². The second-order valence-corrected chi connectivity index (χ2v) is 5.69. The second-order valence-electron chi connectivity index (χ2n) is 5.69. The van der Waals surface area contributed by atoms with Gasteiger partial charge in [0.25, 0.3) is 5.56 Å². The highest BCUT2D eigenvalue weighted by Crippen LogP contribution is 2.26. The minimum atomic E-state index is -4.64. The maximum Gasteiger partial charge on any atom is 0.449 e. The number of halogens is 3. The smallest absolute Gasteiger partial charge is 0.345 e. The Morgan fingerprint density at radius 2 is 1.96 bits per heavy atom. The minimum Gasteiger partial charge on any atom is -0.345 e. The van der Waals surface area contributed by atoms with Crippen molar-refractivity contribution in [1.29, 1.82) is 0 Å². The second kappa shape index (κ2) is 5.48. The fourth-order valence-electron chi connectivity index (χ4n) is 2.66. The van der Waals surface area contributed by atoms with E-state index in [1.54, 1.807) is 0 Å². The first kappa shape index (κ1) is 15.7. The van der Waals surface area contributed by atoms with Crippen LogP contribution in [0.1, 0.15) is 34.3 Å². The Morgan fingerprint density at radius 1 is 1.22 bits per heavy atom. The largest absolute Gasteiger partial charge is 0.449 e. The van der Waals surface area contributed by atoms with Crippen LogP contribution in [0.4, 0.5) is 13.2 Å². The van der Waals surface area contributed by atoms with E-state index in [9.17, 15) is 18.0 Å². The van der Waals surface area contributed by atoms with Crippen LogP contribution in [-0.2, 0) is 25.7 Å². The molecule has 3 rings (SSSR count). The number of aromatic amines is 2. The molecule has 0 aliphatic carbocycles. The predicted octanol–water partition coefficient (Wildman–Crippen LogP) is 1.69. The molecule has 0 saturated carbocycles. The van der Waals surface area contributed by atoms with Gasteiger partial charge in [0.2, 0.25) is 5.82 Å². The maximum absolute atomic E-state index is 12.7. The summed E-state index contributed by atoms with van der Waals surface area (Å²) in [4.78, 5) is 26.8. The highest BCUT2D eigenvalue weighted by molar-refractivity contribution is 5.22. The Balaban J connectivity index is 1.82. The third-order valence-corrected chi connectivity index (χ3v) is 3.97. The van der Waals surface area contributed by atoms with Gasteiger partial charge in [-0.3, -0.25) is 9.69 Å². The quantitative estimate of drug-likeness (QED) is 0.880.